The molecule has 0 aromatic heterocycles. The Morgan fingerprint density at radius 2 is 1.75 bits per heavy atom. The van der Waals surface area contributed by atoms with Crippen molar-refractivity contribution in [2.75, 3.05) is 39.8 Å². The minimum atomic E-state index is -0.489. The number of piperidine rings is 1. The van der Waals surface area contributed by atoms with Gasteiger partial charge in [0.15, 0.2) is 5.96 Å². The van der Waals surface area contributed by atoms with Gasteiger partial charge in [0.2, 0.25) is 0 Å². The monoisotopic (exact) mass is 513 g/mol. The van der Waals surface area contributed by atoms with Crippen molar-refractivity contribution in [3.63, 3.8) is 0 Å². The molecule has 1 heterocycles. The van der Waals surface area contributed by atoms with Gasteiger partial charge in [-0.1, -0.05) is 0 Å². The zero-order chi connectivity index (χ0) is 20.3. The van der Waals surface area contributed by atoms with Crippen LogP contribution in [0.15, 0.2) is 4.99 Å². The van der Waals surface area contributed by atoms with Crippen molar-refractivity contribution in [1.82, 2.24) is 20.9 Å². The molecule has 1 rings (SSSR count). The van der Waals surface area contributed by atoms with Gasteiger partial charge in [0.25, 0.3) is 0 Å². The Bertz CT molecular complexity index is 503. The standard InChI is InChI=1S/C18H35N5O4.HI/c1-6-26-17(25)23-12-8-14(9-13-23)22-15(19-5)20-10-7-11-21-16(24)27-18(2,3)4;/h14H,6-13H2,1-5H3,(H,21,24)(H2,19,20,22);1H. The smallest absolute Gasteiger partial charge is 0.409 e. The number of hydrogen-bond donors (Lipinski definition) is 3. The maximum Gasteiger partial charge on any atom is 0.409 e. The lowest BCUT2D eigenvalue weighted by molar-refractivity contribution is 0.0527. The number of likely N-dealkylation sites (tertiary alicyclic amines) is 1. The van der Waals surface area contributed by atoms with E-state index in [2.05, 4.69) is 20.9 Å². The van der Waals surface area contributed by atoms with Crippen LogP contribution in [-0.4, -0.2) is 74.5 Å². The minimum Gasteiger partial charge on any atom is -0.450 e. The van der Waals surface area contributed by atoms with E-state index in [0.717, 1.165) is 25.2 Å². The number of alkyl carbamates (subject to hydrolysis) is 1. The van der Waals surface area contributed by atoms with Crippen LogP contribution in [0.3, 0.4) is 0 Å². The summed E-state index contributed by atoms with van der Waals surface area (Å²) in [5, 5.41) is 9.34. The molecule has 0 bridgehead atoms. The molecule has 0 saturated carbocycles. The van der Waals surface area contributed by atoms with Crippen LogP contribution in [0.1, 0.15) is 47.0 Å². The van der Waals surface area contributed by atoms with E-state index in [1.54, 1.807) is 11.9 Å². The Morgan fingerprint density at radius 1 is 1.14 bits per heavy atom. The molecule has 1 fully saturated rings. The number of rotatable bonds is 6. The topological polar surface area (TPSA) is 104 Å². The maximum atomic E-state index is 11.7. The van der Waals surface area contributed by atoms with Gasteiger partial charge in [0.05, 0.1) is 6.61 Å². The average molecular weight is 513 g/mol. The van der Waals surface area contributed by atoms with Crippen molar-refractivity contribution in [2.45, 2.75) is 58.6 Å². The van der Waals surface area contributed by atoms with Crippen LogP contribution in [0.4, 0.5) is 9.59 Å². The molecule has 1 aliphatic heterocycles. The van der Waals surface area contributed by atoms with E-state index in [9.17, 15) is 9.59 Å². The van der Waals surface area contributed by atoms with Crippen molar-refractivity contribution >= 4 is 42.1 Å². The van der Waals surface area contributed by atoms with Crippen molar-refractivity contribution in [1.29, 1.82) is 0 Å². The number of halogens is 1. The summed E-state index contributed by atoms with van der Waals surface area (Å²) in [7, 11) is 1.72. The van der Waals surface area contributed by atoms with E-state index in [1.807, 2.05) is 27.7 Å². The van der Waals surface area contributed by atoms with Crippen LogP contribution >= 0.6 is 24.0 Å². The molecule has 0 atom stereocenters. The fraction of sp³-hybridized carbons (Fsp3) is 0.833. The van der Waals surface area contributed by atoms with Gasteiger partial charge >= 0.3 is 12.2 Å². The summed E-state index contributed by atoms with van der Waals surface area (Å²) in [4.78, 5) is 29.2. The van der Waals surface area contributed by atoms with Crippen molar-refractivity contribution in [2.24, 2.45) is 4.99 Å². The van der Waals surface area contributed by atoms with Gasteiger partial charge in [-0.25, -0.2) is 9.59 Å². The molecule has 0 radical (unpaired) electrons. The molecular weight excluding hydrogens is 477 g/mol. The van der Waals surface area contributed by atoms with Crippen molar-refractivity contribution < 1.29 is 19.1 Å². The number of aliphatic imine (C=N–C) groups is 1. The number of nitrogens with one attached hydrogen (secondary N) is 3. The van der Waals surface area contributed by atoms with Gasteiger partial charge in [-0.15, -0.1) is 24.0 Å². The molecule has 2 amide bonds. The summed E-state index contributed by atoms with van der Waals surface area (Å²) in [5.74, 6) is 0.724. The number of ether oxygens (including phenoxy) is 2. The summed E-state index contributed by atoms with van der Waals surface area (Å²) >= 11 is 0. The average Bonchev–Trinajstić information content (AvgIpc) is 2.59. The number of carbonyl (C=O) groups is 2. The van der Waals surface area contributed by atoms with Gasteiger partial charge in [0.1, 0.15) is 5.60 Å². The predicted molar refractivity (Wildman–Crippen MR) is 120 cm³/mol. The second kappa shape index (κ2) is 13.7. The van der Waals surface area contributed by atoms with Gasteiger partial charge in [0, 0.05) is 39.3 Å². The van der Waals surface area contributed by atoms with Gasteiger partial charge in [-0.3, -0.25) is 4.99 Å². The highest BCUT2D eigenvalue weighted by atomic mass is 127. The van der Waals surface area contributed by atoms with Crippen LogP contribution in [0.25, 0.3) is 0 Å². The number of amides is 2. The fourth-order valence-electron chi connectivity index (χ4n) is 2.61. The van der Waals surface area contributed by atoms with Crippen LogP contribution in [-0.2, 0) is 9.47 Å². The van der Waals surface area contributed by atoms with E-state index in [1.165, 1.54) is 0 Å². The molecule has 0 spiro atoms. The van der Waals surface area contributed by atoms with Gasteiger partial charge in [-0.2, -0.15) is 0 Å². The van der Waals surface area contributed by atoms with Crippen molar-refractivity contribution in [3.05, 3.63) is 0 Å². The summed E-state index contributed by atoms with van der Waals surface area (Å²) in [6, 6.07) is 0.266. The van der Waals surface area contributed by atoms with Crippen LogP contribution in [0.2, 0.25) is 0 Å². The van der Waals surface area contributed by atoms with E-state index in [4.69, 9.17) is 9.47 Å². The Morgan fingerprint density at radius 3 is 2.29 bits per heavy atom. The van der Waals surface area contributed by atoms with Crippen LogP contribution < -0.4 is 16.0 Å². The first-order valence-electron chi connectivity index (χ1n) is 9.61. The third-order valence-electron chi connectivity index (χ3n) is 3.90. The van der Waals surface area contributed by atoms with Crippen LogP contribution in [0, 0.1) is 0 Å². The van der Waals surface area contributed by atoms with E-state index in [0.29, 0.717) is 32.8 Å². The summed E-state index contributed by atoms with van der Waals surface area (Å²) in [5.41, 5.74) is -0.489. The molecule has 164 valence electrons. The van der Waals surface area contributed by atoms with Crippen LogP contribution in [0.5, 0.6) is 0 Å². The molecule has 28 heavy (non-hydrogen) atoms. The molecule has 10 heteroatoms. The molecule has 0 aromatic carbocycles. The maximum absolute atomic E-state index is 11.7. The summed E-state index contributed by atoms with van der Waals surface area (Å²) in [6.45, 7) is 10.3. The number of hydrogen-bond acceptors (Lipinski definition) is 5. The highest BCUT2D eigenvalue weighted by molar-refractivity contribution is 14.0. The van der Waals surface area contributed by atoms with E-state index < -0.39 is 11.7 Å². The Hall–Kier alpha value is -1.46. The molecule has 0 aliphatic carbocycles. The molecule has 3 N–H and O–H groups in total. The van der Waals surface area contributed by atoms with Crippen molar-refractivity contribution in [3.8, 4) is 0 Å². The molecule has 1 saturated heterocycles. The molecule has 1 aliphatic rings. The number of nitrogens with zero attached hydrogens (tertiary/aromatic N) is 2. The highest BCUT2D eigenvalue weighted by Crippen LogP contribution is 2.11. The summed E-state index contributed by atoms with van der Waals surface area (Å²) in [6.07, 6.45) is 1.80. The van der Waals surface area contributed by atoms with Gasteiger partial charge < -0.3 is 30.3 Å². The Kier molecular flexibility index (Phi) is 13.0. The second-order valence-electron chi connectivity index (χ2n) is 7.39. The highest BCUT2D eigenvalue weighted by Gasteiger charge is 2.24. The lowest BCUT2D eigenvalue weighted by Crippen LogP contribution is -2.50. The molecule has 9 nitrogen and oxygen atoms in total. The molecular formula is C18H36IN5O4. The molecule has 0 aromatic rings. The third kappa shape index (κ3) is 11.4. The minimum absolute atomic E-state index is 0. The zero-order valence-corrected chi connectivity index (χ0v) is 20.0. The predicted octanol–water partition coefficient (Wildman–Crippen LogP) is 2.31. The van der Waals surface area contributed by atoms with Gasteiger partial charge in [-0.05, 0) is 47.0 Å². The van der Waals surface area contributed by atoms with E-state index >= 15 is 0 Å². The SMILES string of the molecule is CCOC(=O)N1CCC(NC(=NC)NCCCNC(=O)OC(C)(C)C)CC1.I. The zero-order valence-electron chi connectivity index (χ0n) is 17.7. The summed E-state index contributed by atoms with van der Waals surface area (Å²) < 4.78 is 10.2. The fourth-order valence-corrected chi connectivity index (χ4v) is 2.61. The quantitative estimate of drug-likeness (QED) is 0.218. The Balaban J connectivity index is 0.00000729. The third-order valence-corrected chi connectivity index (χ3v) is 3.90. The second-order valence-corrected chi connectivity index (χ2v) is 7.39. The molecule has 0 unspecified atom stereocenters. The first-order valence-corrected chi connectivity index (χ1v) is 9.61. The largest absolute Gasteiger partial charge is 0.450 e. The first-order chi connectivity index (χ1) is 12.7. The first kappa shape index (κ1) is 26.5. The number of guanidine groups is 1. The lowest BCUT2D eigenvalue weighted by atomic mass is 10.1. The lowest BCUT2D eigenvalue weighted by Gasteiger charge is -2.32. The number of carbonyl (C=O) groups excluding carboxylic acids is 2. The Labute approximate surface area is 185 Å². The van der Waals surface area contributed by atoms with E-state index in [-0.39, 0.29) is 36.1 Å². The normalized spacial score (nSPS) is 15.3.